The average Bonchev–Trinajstić information content (AvgIpc) is 2.73. The molecule has 2 heteroatoms. The summed E-state index contributed by atoms with van der Waals surface area (Å²) >= 11 is 0. The van der Waals surface area contributed by atoms with E-state index in [4.69, 9.17) is 9.47 Å². The number of rotatable bonds is 0. The van der Waals surface area contributed by atoms with Crippen LogP contribution >= 0.6 is 0 Å². The summed E-state index contributed by atoms with van der Waals surface area (Å²) in [4.78, 5) is 0. The zero-order valence-electron chi connectivity index (χ0n) is 14.7. The van der Waals surface area contributed by atoms with Crippen LogP contribution in [0, 0.1) is 0 Å². The molecule has 0 aromatic heterocycles. The van der Waals surface area contributed by atoms with Crippen molar-refractivity contribution in [2.45, 2.75) is 17.8 Å². The van der Waals surface area contributed by atoms with Gasteiger partial charge in [0.2, 0.25) is 0 Å². The van der Waals surface area contributed by atoms with Crippen molar-refractivity contribution in [2.24, 2.45) is 0 Å². The highest BCUT2D eigenvalue weighted by Crippen LogP contribution is 2.43. The van der Waals surface area contributed by atoms with Gasteiger partial charge in [0.05, 0.1) is 6.10 Å². The molecular formula is C25H18O2. The van der Waals surface area contributed by atoms with Crippen LogP contribution < -0.4 is 4.74 Å². The first-order valence-electron chi connectivity index (χ1n) is 9.36. The van der Waals surface area contributed by atoms with E-state index in [1.807, 2.05) is 12.1 Å². The highest BCUT2D eigenvalue weighted by Gasteiger charge is 2.41. The second-order valence-electron chi connectivity index (χ2n) is 7.31. The number of ether oxygens (including phenoxy) is 2. The summed E-state index contributed by atoms with van der Waals surface area (Å²) in [6.07, 6.45) is 12.7. The van der Waals surface area contributed by atoms with Gasteiger partial charge in [0.25, 0.3) is 5.79 Å². The third-order valence-corrected chi connectivity index (χ3v) is 5.71. The van der Waals surface area contributed by atoms with Gasteiger partial charge in [-0.1, -0.05) is 72.8 Å². The van der Waals surface area contributed by atoms with Crippen molar-refractivity contribution < 1.29 is 9.47 Å². The van der Waals surface area contributed by atoms with Gasteiger partial charge in [-0.15, -0.1) is 0 Å². The van der Waals surface area contributed by atoms with Crippen LogP contribution in [-0.4, -0.2) is 11.9 Å². The first-order valence-corrected chi connectivity index (χ1v) is 9.36. The molecule has 0 N–H and O–H groups in total. The van der Waals surface area contributed by atoms with E-state index >= 15 is 0 Å². The minimum absolute atomic E-state index is 0.0310. The SMILES string of the molecule is C1=CC2OC3(C=Cc4c(ccc5ccccc45)O3)C=CC2c2ccccc21. The largest absolute Gasteiger partial charge is 0.454 e. The minimum atomic E-state index is -0.840. The number of fused-ring (bicyclic) bond motifs is 6. The van der Waals surface area contributed by atoms with Crippen LogP contribution in [0.2, 0.25) is 0 Å². The van der Waals surface area contributed by atoms with E-state index in [-0.39, 0.29) is 12.0 Å². The molecule has 2 nitrogen and oxygen atoms in total. The van der Waals surface area contributed by atoms with Gasteiger partial charge < -0.3 is 9.47 Å². The maximum Gasteiger partial charge on any atom is 0.251 e. The Bertz CT molecular complexity index is 1150. The van der Waals surface area contributed by atoms with Gasteiger partial charge in [0.15, 0.2) is 0 Å². The van der Waals surface area contributed by atoms with Crippen molar-refractivity contribution in [1.29, 1.82) is 0 Å². The summed E-state index contributed by atoms with van der Waals surface area (Å²) in [6.45, 7) is 0. The summed E-state index contributed by atoms with van der Waals surface area (Å²) in [5.74, 6) is 0.249. The van der Waals surface area contributed by atoms with Crippen molar-refractivity contribution >= 4 is 22.9 Å². The van der Waals surface area contributed by atoms with Crippen LogP contribution in [0.4, 0.5) is 0 Å². The molecule has 1 aliphatic carbocycles. The highest BCUT2D eigenvalue weighted by molar-refractivity contribution is 5.93. The van der Waals surface area contributed by atoms with Crippen molar-refractivity contribution in [1.82, 2.24) is 0 Å². The third-order valence-electron chi connectivity index (χ3n) is 5.71. The first kappa shape index (κ1) is 15.0. The molecule has 0 saturated carbocycles. The molecule has 130 valence electrons. The Morgan fingerprint density at radius 1 is 0.778 bits per heavy atom. The fourth-order valence-electron chi connectivity index (χ4n) is 4.37. The van der Waals surface area contributed by atoms with E-state index in [1.54, 1.807) is 0 Å². The lowest BCUT2D eigenvalue weighted by molar-refractivity contribution is -0.144. The molecule has 3 unspecified atom stereocenters. The standard InChI is InChI=1S/C25H18O2/c1-3-7-19-17(5-1)9-11-23-21(19)13-15-25(26-23)16-14-22-20-8-4-2-6-18(20)10-12-24(22)27-25/h1-16,21,23H. The Morgan fingerprint density at radius 3 is 2.67 bits per heavy atom. The Balaban J connectivity index is 1.41. The molecule has 6 rings (SSSR count). The van der Waals surface area contributed by atoms with Gasteiger partial charge in [-0.05, 0) is 46.2 Å². The van der Waals surface area contributed by atoms with Crippen LogP contribution in [0.5, 0.6) is 5.75 Å². The molecule has 3 atom stereocenters. The Labute approximate surface area is 158 Å². The fraction of sp³-hybridized carbons (Fsp3) is 0.120. The van der Waals surface area contributed by atoms with Gasteiger partial charge in [0.1, 0.15) is 5.75 Å². The fourth-order valence-corrected chi connectivity index (χ4v) is 4.37. The molecule has 3 aromatic rings. The second kappa shape index (κ2) is 5.45. The summed E-state index contributed by atoms with van der Waals surface area (Å²) in [7, 11) is 0. The predicted octanol–water partition coefficient (Wildman–Crippen LogP) is 5.71. The van der Waals surface area contributed by atoms with E-state index in [9.17, 15) is 0 Å². The monoisotopic (exact) mass is 350 g/mol. The topological polar surface area (TPSA) is 18.5 Å². The van der Waals surface area contributed by atoms with E-state index < -0.39 is 5.79 Å². The summed E-state index contributed by atoms with van der Waals surface area (Å²) in [6, 6.07) is 21.0. The predicted molar refractivity (Wildman–Crippen MR) is 109 cm³/mol. The van der Waals surface area contributed by atoms with Crippen molar-refractivity contribution in [2.75, 3.05) is 0 Å². The quantitative estimate of drug-likeness (QED) is 0.484. The van der Waals surface area contributed by atoms with Gasteiger partial charge in [0, 0.05) is 11.5 Å². The van der Waals surface area contributed by atoms with Crippen LogP contribution in [0.25, 0.3) is 22.9 Å². The Morgan fingerprint density at radius 2 is 1.67 bits per heavy atom. The number of hydrogen-bond donors (Lipinski definition) is 0. The normalized spacial score (nSPS) is 27.1. The molecule has 3 aromatic carbocycles. The zero-order valence-corrected chi connectivity index (χ0v) is 14.7. The van der Waals surface area contributed by atoms with Gasteiger partial charge in [-0.3, -0.25) is 0 Å². The molecule has 1 spiro atoms. The van der Waals surface area contributed by atoms with E-state index in [2.05, 4.69) is 85.0 Å². The average molecular weight is 350 g/mol. The lowest BCUT2D eigenvalue weighted by Crippen LogP contribution is -2.44. The molecule has 3 aliphatic rings. The Kier molecular flexibility index (Phi) is 3.03. The summed E-state index contributed by atoms with van der Waals surface area (Å²) in [5.41, 5.74) is 3.68. The highest BCUT2D eigenvalue weighted by atomic mass is 16.7. The smallest absolute Gasteiger partial charge is 0.251 e. The molecule has 0 radical (unpaired) electrons. The second-order valence-corrected chi connectivity index (χ2v) is 7.31. The van der Waals surface area contributed by atoms with Gasteiger partial charge in [-0.2, -0.15) is 0 Å². The number of hydrogen-bond acceptors (Lipinski definition) is 2. The number of benzene rings is 3. The first-order chi connectivity index (χ1) is 13.3. The maximum absolute atomic E-state index is 6.46. The van der Waals surface area contributed by atoms with Crippen LogP contribution in [0.3, 0.4) is 0 Å². The van der Waals surface area contributed by atoms with Crippen molar-refractivity contribution in [3.63, 3.8) is 0 Å². The van der Waals surface area contributed by atoms with Gasteiger partial charge >= 0.3 is 0 Å². The molecule has 0 amide bonds. The lowest BCUT2D eigenvalue weighted by atomic mass is 9.82. The molecule has 0 fully saturated rings. The molecule has 27 heavy (non-hydrogen) atoms. The molecule has 2 heterocycles. The van der Waals surface area contributed by atoms with Crippen molar-refractivity contribution in [3.05, 3.63) is 102 Å². The van der Waals surface area contributed by atoms with Crippen LogP contribution in [-0.2, 0) is 4.74 Å². The summed E-state index contributed by atoms with van der Waals surface area (Å²) < 4.78 is 12.8. The summed E-state index contributed by atoms with van der Waals surface area (Å²) in [5, 5.41) is 2.41. The van der Waals surface area contributed by atoms with E-state index in [0.29, 0.717) is 0 Å². The maximum atomic E-state index is 6.46. The van der Waals surface area contributed by atoms with Crippen molar-refractivity contribution in [3.8, 4) is 5.75 Å². The molecule has 0 saturated heterocycles. The van der Waals surface area contributed by atoms with E-state index in [0.717, 1.165) is 11.3 Å². The Hall–Kier alpha value is -3.10. The molecular weight excluding hydrogens is 332 g/mol. The van der Waals surface area contributed by atoms with E-state index in [1.165, 1.54) is 21.9 Å². The lowest BCUT2D eigenvalue weighted by Gasteiger charge is -2.41. The third kappa shape index (κ3) is 2.23. The minimum Gasteiger partial charge on any atom is -0.454 e. The van der Waals surface area contributed by atoms with Crippen LogP contribution in [0.1, 0.15) is 22.6 Å². The van der Waals surface area contributed by atoms with Crippen LogP contribution in [0.15, 0.2) is 85.0 Å². The zero-order chi connectivity index (χ0) is 17.8. The molecule has 0 bridgehead atoms. The molecule has 2 aliphatic heterocycles. The van der Waals surface area contributed by atoms with Gasteiger partial charge in [-0.25, -0.2) is 0 Å².